The van der Waals surface area contributed by atoms with E-state index in [1.807, 2.05) is 10.7 Å². The van der Waals surface area contributed by atoms with E-state index in [2.05, 4.69) is 48.2 Å². The number of hydrogen-bond donors (Lipinski definition) is 0. The predicted molar refractivity (Wildman–Crippen MR) is 78.5 cm³/mol. The van der Waals surface area contributed by atoms with E-state index in [1.54, 1.807) is 6.33 Å². The van der Waals surface area contributed by atoms with Gasteiger partial charge in [-0.05, 0) is 18.9 Å². The van der Waals surface area contributed by atoms with Crippen LogP contribution in [0.25, 0.3) is 0 Å². The van der Waals surface area contributed by atoms with Crippen LogP contribution in [0.4, 0.5) is 0 Å². The fourth-order valence-electron chi connectivity index (χ4n) is 2.43. The molecule has 3 nitrogen and oxygen atoms in total. The lowest BCUT2D eigenvalue weighted by molar-refractivity contribution is 0.431. The Labute approximate surface area is 119 Å². The highest BCUT2D eigenvalue weighted by atomic mass is 35.5. The standard InChI is InChI=1S/C15H20ClN3/c1-3-15(11-16,13-8-6-5-7-9-13)10-14-17-12-18-19(14)4-2/h5-9,12H,3-4,10-11H2,1-2H3. The van der Waals surface area contributed by atoms with E-state index >= 15 is 0 Å². The third kappa shape index (κ3) is 2.81. The quantitative estimate of drug-likeness (QED) is 0.758. The third-order valence-electron chi connectivity index (χ3n) is 3.81. The maximum Gasteiger partial charge on any atom is 0.138 e. The smallest absolute Gasteiger partial charge is 0.138 e. The summed E-state index contributed by atoms with van der Waals surface area (Å²) >= 11 is 6.31. The minimum atomic E-state index is -0.0667. The van der Waals surface area contributed by atoms with Gasteiger partial charge in [0.2, 0.25) is 0 Å². The highest BCUT2D eigenvalue weighted by Crippen LogP contribution is 2.32. The van der Waals surface area contributed by atoms with Gasteiger partial charge in [0.05, 0.1) is 0 Å². The van der Waals surface area contributed by atoms with Crippen LogP contribution in [0.15, 0.2) is 36.7 Å². The van der Waals surface area contributed by atoms with Crippen LogP contribution in [0.5, 0.6) is 0 Å². The molecule has 0 amide bonds. The molecule has 0 aliphatic rings. The number of benzene rings is 1. The number of rotatable bonds is 6. The molecule has 2 rings (SSSR count). The van der Waals surface area contributed by atoms with E-state index < -0.39 is 0 Å². The summed E-state index contributed by atoms with van der Waals surface area (Å²) in [6.07, 6.45) is 3.43. The third-order valence-corrected chi connectivity index (χ3v) is 4.32. The monoisotopic (exact) mass is 277 g/mol. The topological polar surface area (TPSA) is 30.7 Å². The van der Waals surface area contributed by atoms with Crippen molar-refractivity contribution in [3.8, 4) is 0 Å². The molecule has 0 N–H and O–H groups in total. The van der Waals surface area contributed by atoms with Gasteiger partial charge < -0.3 is 0 Å². The van der Waals surface area contributed by atoms with E-state index in [1.165, 1.54) is 5.56 Å². The summed E-state index contributed by atoms with van der Waals surface area (Å²) in [4.78, 5) is 4.39. The molecule has 102 valence electrons. The zero-order valence-electron chi connectivity index (χ0n) is 11.5. The molecule has 2 aromatic rings. The summed E-state index contributed by atoms with van der Waals surface area (Å²) in [5, 5.41) is 4.24. The van der Waals surface area contributed by atoms with Crippen molar-refractivity contribution in [1.82, 2.24) is 14.8 Å². The summed E-state index contributed by atoms with van der Waals surface area (Å²) in [7, 11) is 0. The lowest BCUT2D eigenvalue weighted by atomic mass is 9.77. The van der Waals surface area contributed by atoms with Gasteiger partial charge in [-0.3, -0.25) is 4.68 Å². The molecule has 1 unspecified atom stereocenters. The normalized spacial score (nSPS) is 14.3. The molecule has 0 saturated carbocycles. The van der Waals surface area contributed by atoms with Gasteiger partial charge >= 0.3 is 0 Å². The maximum absolute atomic E-state index is 6.31. The van der Waals surface area contributed by atoms with Crippen LogP contribution in [0, 0.1) is 0 Å². The molecule has 19 heavy (non-hydrogen) atoms. The number of aromatic nitrogens is 3. The van der Waals surface area contributed by atoms with Crippen LogP contribution >= 0.6 is 11.6 Å². The van der Waals surface area contributed by atoms with Crippen molar-refractivity contribution in [2.75, 3.05) is 5.88 Å². The molecule has 0 bridgehead atoms. The first-order valence-electron chi connectivity index (χ1n) is 6.74. The van der Waals surface area contributed by atoms with Crippen molar-refractivity contribution in [1.29, 1.82) is 0 Å². The van der Waals surface area contributed by atoms with E-state index in [0.717, 1.165) is 25.2 Å². The Morgan fingerprint density at radius 2 is 1.95 bits per heavy atom. The lowest BCUT2D eigenvalue weighted by Gasteiger charge is -2.31. The Hall–Kier alpha value is -1.35. The molecule has 0 spiro atoms. The highest BCUT2D eigenvalue weighted by molar-refractivity contribution is 6.18. The fraction of sp³-hybridized carbons (Fsp3) is 0.467. The second-order valence-electron chi connectivity index (χ2n) is 4.80. The Kier molecular flexibility index (Phi) is 4.59. The minimum Gasteiger partial charge on any atom is -0.250 e. The molecular formula is C15H20ClN3. The fourth-order valence-corrected chi connectivity index (χ4v) is 2.87. The first-order chi connectivity index (χ1) is 9.25. The average Bonchev–Trinajstić information content (AvgIpc) is 2.93. The van der Waals surface area contributed by atoms with E-state index in [9.17, 15) is 0 Å². The van der Waals surface area contributed by atoms with Crippen LogP contribution in [0.3, 0.4) is 0 Å². The molecule has 4 heteroatoms. The molecular weight excluding hydrogens is 258 g/mol. The number of alkyl halides is 1. The lowest BCUT2D eigenvalue weighted by Crippen LogP contribution is -2.31. The van der Waals surface area contributed by atoms with Gasteiger partial charge in [-0.1, -0.05) is 37.3 Å². The van der Waals surface area contributed by atoms with E-state index in [4.69, 9.17) is 11.6 Å². The largest absolute Gasteiger partial charge is 0.250 e. The van der Waals surface area contributed by atoms with Crippen molar-refractivity contribution in [2.24, 2.45) is 0 Å². The van der Waals surface area contributed by atoms with Gasteiger partial charge in [0, 0.05) is 24.3 Å². The van der Waals surface area contributed by atoms with Gasteiger partial charge in [-0.15, -0.1) is 11.6 Å². The highest BCUT2D eigenvalue weighted by Gasteiger charge is 2.31. The molecule has 1 aromatic heterocycles. The van der Waals surface area contributed by atoms with Crippen LogP contribution in [0.1, 0.15) is 31.7 Å². The summed E-state index contributed by atoms with van der Waals surface area (Å²) in [5.41, 5.74) is 1.21. The minimum absolute atomic E-state index is 0.0667. The summed E-state index contributed by atoms with van der Waals surface area (Å²) in [6, 6.07) is 10.5. The average molecular weight is 278 g/mol. The summed E-state index contributed by atoms with van der Waals surface area (Å²) in [5.74, 6) is 1.60. The SMILES string of the molecule is CCn1ncnc1CC(CC)(CCl)c1ccccc1. The van der Waals surface area contributed by atoms with Gasteiger partial charge in [0.1, 0.15) is 12.2 Å². The van der Waals surface area contributed by atoms with Crippen LogP contribution in [-0.2, 0) is 18.4 Å². The van der Waals surface area contributed by atoms with Crippen molar-refractivity contribution in [3.05, 3.63) is 48.0 Å². The van der Waals surface area contributed by atoms with Crippen molar-refractivity contribution in [2.45, 2.75) is 38.6 Å². The van der Waals surface area contributed by atoms with E-state index in [0.29, 0.717) is 5.88 Å². The summed E-state index contributed by atoms with van der Waals surface area (Å²) in [6.45, 7) is 5.10. The molecule has 0 aliphatic heterocycles. The Bertz CT molecular complexity index is 503. The molecule has 0 radical (unpaired) electrons. The molecule has 1 heterocycles. The Morgan fingerprint density at radius 1 is 1.21 bits per heavy atom. The first kappa shape index (κ1) is 14.1. The van der Waals surface area contributed by atoms with Crippen LogP contribution in [-0.4, -0.2) is 20.6 Å². The zero-order valence-corrected chi connectivity index (χ0v) is 12.3. The molecule has 1 atom stereocenters. The zero-order chi connectivity index (χ0) is 13.7. The van der Waals surface area contributed by atoms with Gasteiger partial charge in [-0.2, -0.15) is 5.10 Å². The first-order valence-corrected chi connectivity index (χ1v) is 7.27. The maximum atomic E-state index is 6.31. The number of nitrogens with zero attached hydrogens (tertiary/aromatic N) is 3. The van der Waals surface area contributed by atoms with E-state index in [-0.39, 0.29) is 5.41 Å². The number of halogens is 1. The van der Waals surface area contributed by atoms with Crippen molar-refractivity contribution >= 4 is 11.6 Å². The second kappa shape index (κ2) is 6.20. The van der Waals surface area contributed by atoms with Crippen molar-refractivity contribution in [3.63, 3.8) is 0 Å². The van der Waals surface area contributed by atoms with Crippen LogP contribution < -0.4 is 0 Å². The summed E-state index contributed by atoms with van der Waals surface area (Å²) < 4.78 is 1.94. The van der Waals surface area contributed by atoms with Crippen molar-refractivity contribution < 1.29 is 0 Å². The molecule has 0 saturated heterocycles. The second-order valence-corrected chi connectivity index (χ2v) is 5.07. The number of hydrogen-bond acceptors (Lipinski definition) is 2. The Balaban J connectivity index is 2.35. The van der Waals surface area contributed by atoms with Gasteiger partial charge in [-0.25, -0.2) is 4.98 Å². The van der Waals surface area contributed by atoms with Gasteiger partial charge in [0.15, 0.2) is 0 Å². The van der Waals surface area contributed by atoms with Crippen LogP contribution in [0.2, 0.25) is 0 Å². The number of aryl methyl sites for hydroxylation is 1. The molecule has 1 aromatic carbocycles. The van der Waals surface area contributed by atoms with Gasteiger partial charge in [0.25, 0.3) is 0 Å². The molecule has 0 aliphatic carbocycles. The molecule has 0 fully saturated rings. The predicted octanol–water partition coefficient (Wildman–Crippen LogP) is 3.43. The Morgan fingerprint density at radius 3 is 2.53 bits per heavy atom.